The van der Waals surface area contributed by atoms with E-state index in [1.54, 1.807) is 6.92 Å². The summed E-state index contributed by atoms with van der Waals surface area (Å²) in [5, 5.41) is 0. The molecular formula is C17H24O. The molecule has 0 saturated heterocycles. The van der Waals surface area contributed by atoms with Gasteiger partial charge in [-0.15, -0.1) is 0 Å². The third-order valence-corrected chi connectivity index (χ3v) is 4.81. The molecule has 98 valence electrons. The number of ketones is 1. The molecule has 0 heterocycles. The van der Waals surface area contributed by atoms with E-state index in [0.717, 1.165) is 6.42 Å². The summed E-state index contributed by atoms with van der Waals surface area (Å²) in [6, 6.07) is 6.83. The lowest BCUT2D eigenvalue weighted by Crippen LogP contribution is -2.35. The Morgan fingerprint density at radius 1 is 1.44 bits per heavy atom. The highest BCUT2D eigenvalue weighted by molar-refractivity contribution is 5.75. The van der Waals surface area contributed by atoms with E-state index in [4.69, 9.17) is 0 Å². The van der Waals surface area contributed by atoms with Crippen molar-refractivity contribution in [3.05, 3.63) is 34.9 Å². The summed E-state index contributed by atoms with van der Waals surface area (Å²) in [4.78, 5) is 11.3. The van der Waals surface area contributed by atoms with Crippen molar-refractivity contribution >= 4 is 5.78 Å². The molecule has 0 bridgehead atoms. The first kappa shape index (κ1) is 13.3. The molecule has 1 aromatic carbocycles. The normalized spacial score (nSPS) is 26.8. The molecule has 0 amide bonds. The summed E-state index contributed by atoms with van der Waals surface area (Å²) >= 11 is 0. The van der Waals surface area contributed by atoms with Crippen molar-refractivity contribution in [2.45, 2.75) is 58.8 Å². The van der Waals surface area contributed by atoms with E-state index in [1.165, 1.54) is 29.5 Å². The van der Waals surface area contributed by atoms with Crippen LogP contribution in [-0.2, 0) is 16.6 Å². The second-order valence-corrected chi connectivity index (χ2v) is 6.22. The Bertz CT molecular complexity index is 461. The number of aryl methyl sites for hydroxylation is 2. The van der Waals surface area contributed by atoms with E-state index >= 15 is 0 Å². The highest BCUT2D eigenvalue weighted by Gasteiger charge is 2.37. The Labute approximate surface area is 111 Å². The van der Waals surface area contributed by atoms with Crippen LogP contribution < -0.4 is 0 Å². The van der Waals surface area contributed by atoms with Gasteiger partial charge in [0.25, 0.3) is 0 Å². The molecule has 0 radical (unpaired) electrons. The van der Waals surface area contributed by atoms with Crippen LogP contribution in [0.1, 0.15) is 56.7 Å². The first-order valence-electron chi connectivity index (χ1n) is 7.03. The number of carbonyl (C=O) groups is 1. The lowest BCUT2D eigenvalue weighted by Gasteiger charge is -2.42. The zero-order valence-electron chi connectivity index (χ0n) is 12.0. The molecular weight excluding hydrogens is 220 g/mol. The van der Waals surface area contributed by atoms with Crippen LogP contribution in [0.4, 0.5) is 0 Å². The number of rotatable bonds is 3. The maximum absolute atomic E-state index is 11.3. The third kappa shape index (κ3) is 2.36. The van der Waals surface area contributed by atoms with Crippen LogP contribution in [0.25, 0.3) is 0 Å². The van der Waals surface area contributed by atoms with Crippen molar-refractivity contribution < 1.29 is 4.79 Å². The van der Waals surface area contributed by atoms with Crippen LogP contribution in [0.3, 0.4) is 0 Å². The van der Waals surface area contributed by atoms with Gasteiger partial charge in [-0.25, -0.2) is 0 Å². The van der Waals surface area contributed by atoms with Crippen LogP contribution in [-0.4, -0.2) is 5.78 Å². The van der Waals surface area contributed by atoms with Crippen LogP contribution >= 0.6 is 0 Å². The van der Waals surface area contributed by atoms with Gasteiger partial charge in [-0.2, -0.15) is 0 Å². The van der Waals surface area contributed by atoms with Crippen molar-refractivity contribution in [3.8, 4) is 0 Å². The molecule has 1 nitrogen and oxygen atoms in total. The molecule has 1 heteroatoms. The number of benzene rings is 1. The zero-order valence-corrected chi connectivity index (χ0v) is 12.0. The Hall–Kier alpha value is -1.11. The summed E-state index contributed by atoms with van der Waals surface area (Å²) in [5.74, 6) is 0.967. The fourth-order valence-corrected chi connectivity index (χ4v) is 3.26. The van der Waals surface area contributed by atoms with E-state index in [-0.39, 0.29) is 5.41 Å². The Morgan fingerprint density at radius 2 is 2.17 bits per heavy atom. The van der Waals surface area contributed by atoms with E-state index < -0.39 is 0 Å². The van der Waals surface area contributed by atoms with Gasteiger partial charge in [-0.1, -0.05) is 37.6 Å². The minimum absolute atomic E-state index is 0.174. The van der Waals surface area contributed by atoms with Gasteiger partial charge in [0.1, 0.15) is 5.78 Å². The smallest absolute Gasteiger partial charge is 0.129 e. The lowest BCUT2D eigenvalue weighted by molar-refractivity contribution is -0.117. The van der Waals surface area contributed by atoms with Crippen molar-refractivity contribution in [3.63, 3.8) is 0 Å². The Kier molecular flexibility index (Phi) is 3.61. The molecule has 2 atom stereocenters. The molecule has 18 heavy (non-hydrogen) atoms. The first-order valence-corrected chi connectivity index (χ1v) is 7.03. The Morgan fingerprint density at radius 3 is 2.83 bits per heavy atom. The van der Waals surface area contributed by atoms with Crippen molar-refractivity contribution in [1.82, 2.24) is 0 Å². The molecule has 0 fully saturated rings. The predicted molar refractivity (Wildman–Crippen MR) is 75.9 cm³/mol. The number of fused-ring (bicyclic) bond motifs is 1. The molecule has 2 rings (SSSR count). The summed E-state index contributed by atoms with van der Waals surface area (Å²) in [5.41, 5.74) is 4.50. The van der Waals surface area contributed by atoms with Gasteiger partial charge in [0.2, 0.25) is 0 Å². The zero-order chi connectivity index (χ0) is 13.3. The van der Waals surface area contributed by atoms with Crippen molar-refractivity contribution in [2.75, 3.05) is 0 Å². The third-order valence-electron chi connectivity index (χ3n) is 4.81. The number of carbonyl (C=O) groups excluding carboxylic acids is 1. The SMILES string of the molecule is CC(=O)CCC1(C)c2ccc(C)cc2CC[C@H]1C. The highest BCUT2D eigenvalue weighted by Crippen LogP contribution is 2.44. The van der Waals surface area contributed by atoms with Gasteiger partial charge in [0, 0.05) is 6.42 Å². The van der Waals surface area contributed by atoms with E-state index in [1.807, 2.05) is 0 Å². The molecule has 0 N–H and O–H groups in total. The number of Topliss-reactive ketones (excluding diaryl/α,β-unsaturated/α-hetero) is 1. The van der Waals surface area contributed by atoms with E-state index in [9.17, 15) is 4.79 Å². The first-order chi connectivity index (χ1) is 8.43. The van der Waals surface area contributed by atoms with Gasteiger partial charge in [0.05, 0.1) is 0 Å². The van der Waals surface area contributed by atoms with Crippen LogP contribution in [0.15, 0.2) is 18.2 Å². The molecule has 1 aliphatic rings. The minimum atomic E-state index is 0.174. The fraction of sp³-hybridized carbons (Fsp3) is 0.588. The molecule has 1 unspecified atom stereocenters. The lowest BCUT2D eigenvalue weighted by atomic mass is 9.62. The molecule has 0 aliphatic heterocycles. The minimum Gasteiger partial charge on any atom is -0.300 e. The van der Waals surface area contributed by atoms with Crippen molar-refractivity contribution in [1.29, 1.82) is 0 Å². The van der Waals surface area contributed by atoms with Gasteiger partial charge in [-0.3, -0.25) is 0 Å². The second kappa shape index (κ2) is 4.87. The highest BCUT2D eigenvalue weighted by atomic mass is 16.1. The van der Waals surface area contributed by atoms with E-state index in [2.05, 4.69) is 39.0 Å². The van der Waals surface area contributed by atoms with Gasteiger partial charge in [-0.05, 0) is 55.6 Å². The van der Waals surface area contributed by atoms with Crippen LogP contribution in [0, 0.1) is 12.8 Å². The topological polar surface area (TPSA) is 17.1 Å². The summed E-state index contributed by atoms with van der Waals surface area (Å²) in [7, 11) is 0. The van der Waals surface area contributed by atoms with Gasteiger partial charge >= 0.3 is 0 Å². The average Bonchev–Trinajstić information content (AvgIpc) is 2.32. The second-order valence-electron chi connectivity index (χ2n) is 6.22. The van der Waals surface area contributed by atoms with Crippen LogP contribution in [0.2, 0.25) is 0 Å². The maximum atomic E-state index is 11.3. The number of hydrogen-bond acceptors (Lipinski definition) is 1. The monoisotopic (exact) mass is 244 g/mol. The molecule has 0 aromatic heterocycles. The summed E-state index contributed by atoms with van der Waals surface area (Å²) in [6.45, 7) is 8.54. The average molecular weight is 244 g/mol. The number of hydrogen-bond donors (Lipinski definition) is 0. The molecule has 1 aromatic rings. The van der Waals surface area contributed by atoms with Gasteiger partial charge < -0.3 is 4.79 Å². The Balaban J connectivity index is 2.37. The molecule has 0 spiro atoms. The molecule has 1 aliphatic carbocycles. The summed E-state index contributed by atoms with van der Waals surface area (Å²) < 4.78 is 0. The standard InChI is InChI=1S/C17H24O/c1-12-5-8-16-15(11-12)7-6-13(2)17(16,4)10-9-14(3)18/h5,8,11,13H,6-7,9-10H2,1-4H3/t13-,17?/m1/s1. The van der Waals surface area contributed by atoms with Gasteiger partial charge in [0.15, 0.2) is 0 Å². The van der Waals surface area contributed by atoms with Crippen LogP contribution in [0.5, 0.6) is 0 Å². The quantitative estimate of drug-likeness (QED) is 0.778. The fourth-order valence-electron chi connectivity index (χ4n) is 3.26. The largest absolute Gasteiger partial charge is 0.300 e. The summed E-state index contributed by atoms with van der Waals surface area (Å²) in [6.07, 6.45) is 4.12. The maximum Gasteiger partial charge on any atom is 0.129 e. The van der Waals surface area contributed by atoms with Crippen molar-refractivity contribution in [2.24, 2.45) is 5.92 Å². The molecule has 0 saturated carbocycles. The van der Waals surface area contributed by atoms with E-state index in [0.29, 0.717) is 18.1 Å². The predicted octanol–water partition coefficient (Wildman–Crippen LogP) is 4.20.